The number of aliphatic hydroxyl groups is 1. The van der Waals surface area contributed by atoms with E-state index in [4.69, 9.17) is 5.11 Å². The summed E-state index contributed by atoms with van der Waals surface area (Å²) >= 11 is 0. The highest BCUT2D eigenvalue weighted by Gasteiger charge is 2.34. The lowest BCUT2D eigenvalue weighted by Gasteiger charge is -2.27. The van der Waals surface area contributed by atoms with Crippen molar-refractivity contribution in [1.29, 1.82) is 0 Å². The van der Waals surface area contributed by atoms with Gasteiger partial charge in [-0.25, -0.2) is 9.97 Å². The molecule has 1 saturated heterocycles. The van der Waals surface area contributed by atoms with E-state index in [9.17, 15) is 9.59 Å². The van der Waals surface area contributed by atoms with Crippen molar-refractivity contribution in [2.45, 2.75) is 25.8 Å². The number of aryl methyl sites for hydroxylation is 2. The Morgan fingerprint density at radius 1 is 1.35 bits per heavy atom. The summed E-state index contributed by atoms with van der Waals surface area (Å²) in [5.41, 5.74) is 0.470. The third-order valence-electron chi connectivity index (χ3n) is 4.55. The first-order valence-corrected chi connectivity index (χ1v) is 8.56. The van der Waals surface area contributed by atoms with Crippen LogP contribution in [0.3, 0.4) is 0 Å². The molecule has 0 aromatic carbocycles. The van der Waals surface area contributed by atoms with Crippen molar-refractivity contribution in [2.75, 3.05) is 26.2 Å². The summed E-state index contributed by atoms with van der Waals surface area (Å²) in [7, 11) is 1.76. The molecule has 0 aliphatic carbocycles. The van der Waals surface area contributed by atoms with Gasteiger partial charge in [-0.05, 0) is 13.3 Å². The molecule has 2 aromatic heterocycles. The topological polar surface area (TPSA) is 120 Å². The summed E-state index contributed by atoms with van der Waals surface area (Å²) in [5.74, 6) is 0.918. The fourth-order valence-corrected chi connectivity index (χ4v) is 3.16. The molecule has 1 aliphatic heterocycles. The zero-order chi connectivity index (χ0) is 18.7. The number of H-pyrrole nitrogens is 1. The van der Waals surface area contributed by atoms with Gasteiger partial charge in [-0.15, -0.1) is 0 Å². The molecule has 0 spiro atoms. The Labute approximate surface area is 150 Å². The molecule has 0 bridgehead atoms. The minimum absolute atomic E-state index is 0.0834. The third kappa shape index (κ3) is 3.59. The highest BCUT2D eigenvalue weighted by Crippen LogP contribution is 2.26. The Bertz CT molecular complexity index is 784. The number of amides is 2. The molecular weight excluding hydrogens is 338 g/mol. The Morgan fingerprint density at radius 3 is 2.77 bits per heavy atom. The predicted molar refractivity (Wildman–Crippen MR) is 91.0 cm³/mol. The van der Waals surface area contributed by atoms with Crippen molar-refractivity contribution in [3.8, 4) is 0 Å². The smallest absolute Gasteiger partial charge is 0.272 e. The fourth-order valence-electron chi connectivity index (χ4n) is 3.16. The Morgan fingerprint density at radius 2 is 2.15 bits per heavy atom. The number of carbonyl (C=O) groups excluding carboxylic acids is 2. The number of rotatable bonds is 4. The van der Waals surface area contributed by atoms with Gasteiger partial charge in [-0.3, -0.25) is 14.7 Å². The van der Waals surface area contributed by atoms with Crippen LogP contribution in [0.25, 0.3) is 0 Å². The highest BCUT2D eigenvalue weighted by molar-refractivity contribution is 5.92. The maximum Gasteiger partial charge on any atom is 0.272 e. The quantitative estimate of drug-likeness (QED) is 0.768. The lowest BCUT2D eigenvalue weighted by Crippen LogP contribution is -2.39. The van der Waals surface area contributed by atoms with E-state index < -0.39 is 0 Å². The second kappa shape index (κ2) is 7.65. The molecule has 2 aromatic rings. The largest absolute Gasteiger partial charge is 0.396 e. The first-order valence-electron chi connectivity index (χ1n) is 8.56. The van der Waals surface area contributed by atoms with Crippen LogP contribution in [0.5, 0.6) is 0 Å². The van der Waals surface area contributed by atoms with E-state index in [1.807, 2.05) is 0 Å². The van der Waals surface area contributed by atoms with Gasteiger partial charge in [0.05, 0.1) is 25.2 Å². The summed E-state index contributed by atoms with van der Waals surface area (Å²) < 4.78 is 1.67. The van der Waals surface area contributed by atoms with Crippen LogP contribution in [0.4, 0.5) is 0 Å². The lowest BCUT2D eigenvalue weighted by molar-refractivity contribution is -0.131. The van der Waals surface area contributed by atoms with E-state index in [0.717, 1.165) is 0 Å². The molecule has 2 N–H and O–H groups in total. The minimum Gasteiger partial charge on any atom is -0.396 e. The van der Waals surface area contributed by atoms with Crippen LogP contribution in [0.15, 0.2) is 12.5 Å². The molecule has 1 aliphatic rings. The van der Waals surface area contributed by atoms with Crippen molar-refractivity contribution >= 4 is 11.8 Å². The third-order valence-corrected chi connectivity index (χ3v) is 4.55. The van der Waals surface area contributed by atoms with Crippen LogP contribution in [0.1, 0.15) is 41.0 Å². The monoisotopic (exact) mass is 361 g/mol. The lowest BCUT2D eigenvalue weighted by atomic mass is 10.1. The van der Waals surface area contributed by atoms with Crippen molar-refractivity contribution in [1.82, 2.24) is 34.5 Å². The van der Waals surface area contributed by atoms with Crippen molar-refractivity contribution in [3.05, 3.63) is 29.9 Å². The summed E-state index contributed by atoms with van der Waals surface area (Å²) in [4.78, 5) is 37.0. The SMILES string of the molecule is Cc1nc(C2CCN(C(=O)CCO)CCN2C(=O)c2cncn2C)n[nH]1. The summed E-state index contributed by atoms with van der Waals surface area (Å²) in [6.45, 7) is 2.86. The molecule has 3 heterocycles. The molecule has 1 fully saturated rings. The van der Waals surface area contributed by atoms with Gasteiger partial charge in [0, 0.05) is 33.1 Å². The normalized spacial score (nSPS) is 18.0. The Hall–Kier alpha value is -2.75. The highest BCUT2D eigenvalue weighted by atomic mass is 16.3. The van der Waals surface area contributed by atoms with Gasteiger partial charge in [-0.1, -0.05) is 0 Å². The first-order chi connectivity index (χ1) is 12.5. The number of aliphatic hydroxyl groups excluding tert-OH is 1. The van der Waals surface area contributed by atoms with Crippen LogP contribution in [0, 0.1) is 6.92 Å². The number of nitrogens with one attached hydrogen (secondary N) is 1. The molecule has 1 unspecified atom stereocenters. The number of hydrogen-bond acceptors (Lipinski definition) is 6. The van der Waals surface area contributed by atoms with Crippen LogP contribution >= 0.6 is 0 Å². The van der Waals surface area contributed by atoms with Crippen molar-refractivity contribution in [3.63, 3.8) is 0 Å². The van der Waals surface area contributed by atoms with Gasteiger partial charge in [0.1, 0.15) is 11.5 Å². The van der Waals surface area contributed by atoms with E-state index in [-0.39, 0.29) is 30.9 Å². The van der Waals surface area contributed by atoms with E-state index >= 15 is 0 Å². The molecule has 140 valence electrons. The van der Waals surface area contributed by atoms with Crippen molar-refractivity contribution < 1.29 is 14.7 Å². The van der Waals surface area contributed by atoms with Crippen LogP contribution < -0.4 is 0 Å². The van der Waals surface area contributed by atoms with Gasteiger partial charge >= 0.3 is 0 Å². The van der Waals surface area contributed by atoms with Crippen LogP contribution in [-0.4, -0.2) is 77.7 Å². The van der Waals surface area contributed by atoms with Gasteiger partial charge in [0.25, 0.3) is 5.91 Å². The fraction of sp³-hybridized carbons (Fsp3) is 0.562. The summed E-state index contributed by atoms with van der Waals surface area (Å²) in [6.07, 6.45) is 3.72. The molecule has 0 radical (unpaired) electrons. The minimum atomic E-state index is -0.339. The molecule has 2 amide bonds. The number of nitrogens with zero attached hydrogens (tertiary/aromatic N) is 6. The molecule has 1 atom stereocenters. The zero-order valence-corrected chi connectivity index (χ0v) is 14.9. The molecule has 26 heavy (non-hydrogen) atoms. The van der Waals surface area contributed by atoms with E-state index in [0.29, 0.717) is 43.4 Å². The average molecular weight is 361 g/mol. The number of aromatic amines is 1. The number of aromatic nitrogens is 5. The first kappa shape index (κ1) is 18.1. The maximum atomic E-state index is 13.1. The standard InChI is InChI=1S/C16H23N7O3/c1-11-18-15(20-19-11)12-3-5-22(14(25)4-8-24)6-7-23(12)16(26)13-9-17-10-21(13)2/h9-10,12,24H,3-8H2,1-2H3,(H,18,19,20). The predicted octanol–water partition coefficient (Wildman–Crippen LogP) is -0.355. The van der Waals surface area contributed by atoms with Gasteiger partial charge < -0.3 is 19.5 Å². The molecule has 0 saturated carbocycles. The number of imidazole rings is 1. The second-order valence-corrected chi connectivity index (χ2v) is 6.33. The Balaban J connectivity index is 1.88. The maximum absolute atomic E-state index is 13.1. The average Bonchev–Trinajstić information content (AvgIpc) is 3.16. The van der Waals surface area contributed by atoms with Crippen LogP contribution in [0.2, 0.25) is 0 Å². The number of hydrogen-bond donors (Lipinski definition) is 2. The van der Waals surface area contributed by atoms with E-state index in [2.05, 4.69) is 20.2 Å². The van der Waals surface area contributed by atoms with E-state index in [1.165, 1.54) is 6.20 Å². The summed E-state index contributed by atoms with van der Waals surface area (Å²) in [6, 6.07) is -0.339. The van der Waals surface area contributed by atoms with Crippen molar-refractivity contribution in [2.24, 2.45) is 7.05 Å². The molecular formula is C16H23N7O3. The number of carbonyl (C=O) groups is 2. The second-order valence-electron chi connectivity index (χ2n) is 6.33. The molecule has 10 heteroatoms. The van der Waals surface area contributed by atoms with Crippen LogP contribution in [-0.2, 0) is 11.8 Å². The van der Waals surface area contributed by atoms with Gasteiger partial charge in [-0.2, -0.15) is 5.10 Å². The zero-order valence-electron chi connectivity index (χ0n) is 14.9. The van der Waals surface area contributed by atoms with Gasteiger partial charge in [0.2, 0.25) is 5.91 Å². The molecule has 3 rings (SSSR count). The van der Waals surface area contributed by atoms with Gasteiger partial charge in [0.15, 0.2) is 5.82 Å². The summed E-state index contributed by atoms with van der Waals surface area (Å²) in [5, 5.41) is 16.1. The molecule has 10 nitrogen and oxygen atoms in total. The Kier molecular flexibility index (Phi) is 5.31. The van der Waals surface area contributed by atoms with E-state index in [1.54, 1.807) is 34.7 Å².